The second-order valence-corrected chi connectivity index (χ2v) is 9.02. The number of aromatic nitrogens is 4. The topological polar surface area (TPSA) is 117 Å². The van der Waals surface area contributed by atoms with E-state index in [1.54, 1.807) is 4.68 Å². The maximum atomic E-state index is 13.2. The summed E-state index contributed by atoms with van der Waals surface area (Å²) < 4.78 is 39.7. The minimum atomic E-state index is -3.94. The molecular formula is C21H25N5O5S. The summed E-state index contributed by atoms with van der Waals surface area (Å²) in [6.07, 6.45) is 0.822. The minimum absolute atomic E-state index is 0.0759. The van der Waals surface area contributed by atoms with Gasteiger partial charge in [-0.25, -0.2) is 17.9 Å². The lowest BCUT2D eigenvalue weighted by molar-refractivity contribution is 0.0456. The Hall–Kier alpha value is -3.31. The van der Waals surface area contributed by atoms with E-state index < -0.39 is 16.0 Å². The number of benzene rings is 2. The molecule has 32 heavy (non-hydrogen) atoms. The van der Waals surface area contributed by atoms with Gasteiger partial charge in [0.1, 0.15) is 10.6 Å². The lowest BCUT2D eigenvalue weighted by Crippen LogP contribution is -2.27. The first-order valence-electron chi connectivity index (χ1n) is 9.97. The fourth-order valence-electron chi connectivity index (χ4n) is 3.02. The van der Waals surface area contributed by atoms with Gasteiger partial charge in [-0.15, -0.1) is 5.10 Å². The molecule has 3 rings (SSSR count). The maximum Gasteiger partial charge on any atom is 0.338 e. The number of carbonyl (C=O) groups excluding carboxylic acids is 1. The summed E-state index contributed by atoms with van der Waals surface area (Å²) in [6.45, 7) is 2.61. The number of ether oxygens (including phenoxy) is 2. The van der Waals surface area contributed by atoms with E-state index in [4.69, 9.17) is 9.47 Å². The van der Waals surface area contributed by atoms with Crippen molar-refractivity contribution in [2.45, 2.75) is 37.9 Å². The highest BCUT2D eigenvalue weighted by Gasteiger charge is 2.27. The van der Waals surface area contributed by atoms with Crippen LogP contribution in [-0.2, 0) is 34.5 Å². The van der Waals surface area contributed by atoms with E-state index in [1.165, 1.54) is 36.7 Å². The molecule has 0 spiro atoms. The van der Waals surface area contributed by atoms with E-state index in [9.17, 15) is 13.2 Å². The number of esters is 1. The Morgan fingerprint density at radius 3 is 2.59 bits per heavy atom. The molecule has 0 fully saturated rings. The quantitative estimate of drug-likeness (QED) is 0.424. The Kier molecular flexibility index (Phi) is 7.54. The van der Waals surface area contributed by atoms with Gasteiger partial charge in [-0.05, 0) is 40.6 Å². The van der Waals surface area contributed by atoms with Crippen LogP contribution >= 0.6 is 0 Å². The van der Waals surface area contributed by atoms with Gasteiger partial charge in [-0.3, -0.25) is 0 Å². The highest BCUT2D eigenvalue weighted by atomic mass is 32.2. The first-order chi connectivity index (χ1) is 15.4. The van der Waals surface area contributed by atoms with E-state index in [1.807, 2.05) is 37.3 Å². The number of hydrogen-bond acceptors (Lipinski definition) is 8. The van der Waals surface area contributed by atoms with Crippen molar-refractivity contribution in [1.82, 2.24) is 24.5 Å². The summed E-state index contributed by atoms with van der Waals surface area (Å²) in [4.78, 5) is 12.5. The van der Waals surface area contributed by atoms with E-state index in [0.29, 0.717) is 12.4 Å². The molecule has 0 aliphatic heterocycles. The molecule has 170 valence electrons. The Balaban J connectivity index is 1.81. The summed E-state index contributed by atoms with van der Waals surface area (Å²) in [5, 5.41) is 11.3. The molecule has 10 nitrogen and oxygen atoms in total. The lowest BCUT2D eigenvalue weighted by Gasteiger charge is -2.19. The van der Waals surface area contributed by atoms with Gasteiger partial charge in [0.2, 0.25) is 10.0 Å². The van der Waals surface area contributed by atoms with E-state index in [0.717, 1.165) is 12.0 Å². The predicted octanol–water partition coefficient (Wildman–Crippen LogP) is 2.27. The molecule has 11 heteroatoms. The van der Waals surface area contributed by atoms with Gasteiger partial charge in [0.25, 0.3) is 0 Å². The van der Waals surface area contributed by atoms with Gasteiger partial charge >= 0.3 is 5.97 Å². The van der Waals surface area contributed by atoms with Crippen LogP contribution in [0.25, 0.3) is 0 Å². The molecule has 0 radical (unpaired) electrons. The molecule has 1 aromatic heterocycles. The zero-order chi connectivity index (χ0) is 23.1. The summed E-state index contributed by atoms with van der Waals surface area (Å²) in [6, 6.07) is 13.3. The SMILES string of the molecule is CCCn1nnnc1COC(=O)c1ccc(OC)c(S(=O)(=O)N(C)Cc2ccccc2)c1. The van der Waals surface area contributed by atoms with Crippen LogP contribution in [0, 0.1) is 0 Å². The third-order valence-corrected chi connectivity index (χ3v) is 6.53. The van der Waals surface area contributed by atoms with Crippen molar-refractivity contribution >= 4 is 16.0 Å². The van der Waals surface area contributed by atoms with Crippen molar-refractivity contribution < 1.29 is 22.7 Å². The standard InChI is InChI=1S/C21H25N5O5S/c1-4-12-26-20(22-23-24-26)15-31-21(27)17-10-11-18(30-3)19(13-17)32(28,29)25(2)14-16-8-6-5-7-9-16/h5-11,13H,4,12,14-15H2,1-3H3. The van der Waals surface area contributed by atoms with Gasteiger partial charge in [-0.2, -0.15) is 4.31 Å². The fraction of sp³-hybridized carbons (Fsp3) is 0.333. The Labute approximate surface area is 186 Å². The zero-order valence-electron chi connectivity index (χ0n) is 18.1. The van der Waals surface area contributed by atoms with Gasteiger partial charge in [0, 0.05) is 20.1 Å². The minimum Gasteiger partial charge on any atom is -0.495 e. The smallest absolute Gasteiger partial charge is 0.338 e. The maximum absolute atomic E-state index is 13.2. The van der Waals surface area contributed by atoms with Gasteiger partial charge in [0.15, 0.2) is 12.4 Å². The molecule has 0 saturated heterocycles. The van der Waals surface area contributed by atoms with Crippen molar-refractivity contribution in [3.8, 4) is 5.75 Å². The molecule has 0 bridgehead atoms. The van der Waals surface area contributed by atoms with Crippen LogP contribution in [-0.4, -0.2) is 53.1 Å². The van der Waals surface area contributed by atoms with Crippen molar-refractivity contribution in [3.63, 3.8) is 0 Å². The number of sulfonamides is 1. The first kappa shape index (κ1) is 23.4. The number of tetrazole rings is 1. The van der Waals surface area contributed by atoms with E-state index in [2.05, 4.69) is 15.5 Å². The van der Waals surface area contributed by atoms with Crippen LogP contribution in [0.2, 0.25) is 0 Å². The molecule has 0 N–H and O–H groups in total. The number of hydrogen-bond donors (Lipinski definition) is 0. The second kappa shape index (κ2) is 10.3. The average molecular weight is 460 g/mol. The van der Waals surface area contributed by atoms with Crippen LogP contribution < -0.4 is 4.74 Å². The van der Waals surface area contributed by atoms with Crippen molar-refractivity contribution in [1.29, 1.82) is 0 Å². The number of aryl methyl sites for hydroxylation is 1. The van der Waals surface area contributed by atoms with Crippen molar-refractivity contribution in [2.75, 3.05) is 14.2 Å². The van der Waals surface area contributed by atoms with E-state index >= 15 is 0 Å². The van der Waals surface area contributed by atoms with Gasteiger partial charge in [0.05, 0.1) is 12.7 Å². The monoisotopic (exact) mass is 459 g/mol. The highest BCUT2D eigenvalue weighted by molar-refractivity contribution is 7.89. The number of methoxy groups -OCH3 is 1. The number of nitrogens with zero attached hydrogens (tertiary/aromatic N) is 5. The highest BCUT2D eigenvalue weighted by Crippen LogP contribution is 2.28. The number of rotatable bonds is 10. The molecule has 0 aliphatic carbocycles. The zero-order valence-corrected chi connectivity index (χ0v) is 18.9. The fourth-order valence-corrected chi connectivity index (χ4v) is 4.36. The molecule has 0 aliphatic rings. The summed E-state index contributed by atoms with van der Waals surface area (Å²) in [5.74, 6) is -0.154. The van der Waals surface area contributed by atoms with Gasteiger partial charge in [-0.1, -0.05) is 37.3 Å². The van der Waals surface area contributed by atoms with Crippen LogP contribution in [0.4, 0.5) is 0 Å². The third kappa shape index (κ3) is 5.29. The Bertz CT molecular complexity index is 1160. The van der Waals surface area contributed by atoms with E-state index in [-0.39, 0.29) is 29.4 Å². The Morgan fingerprint density at radius 1 is 1.16 bits per heavy atom. The molecule has 1 heterocycles. The normalized spacial score (nSPS) is 11.5. The molecule has 2 aromatic carbocycles. The summed E-state index contributed by atoms with van der Waals surface area (Å²) in [7, 11) is -1.10. The van der Waals surface area contributed by atoms with Gasteiger partial charge < -0.3 is 9.47 Å². The number of carbonyl (C=O) groups is 1. The summed E-state index contributed by atoms with van der Waals surface area (Å²) in [5.41, 5.74) is 0.907. The Morgan fingerprint density at radius 2 is 1.91 bits per heavy atom. The summed E-state index contributed by atoms with van der Waals surface area (Å²) >= 11 is 0. The van der Waals surface area contributed by atoms with Crippen LogP contribution in [0.1, 0.15) is 35.1 Å². The van der Waals surface area contributed by atoms with Crippen LogP contribution in [0.5, 0.6) is 5.75 Å². The molecule has 0 atom stereocenters. The predicted molar refractivity (Wildman–Crippen MR) is 115 cm³/mol. The first-order valence-corrected chi connectivity index (χ1v) is 11.4. The van der Waals surface area contributed by atoms with Crippen LogP contribution in [0.15, 0.2) is 53.4 Å². The average Bonchev–Trinajstić information content (AvgIpc) is 3.25. The molecule has 0 unspecified atom stereocenters. The third-order valence-electron chi connectivity index (χ3n) is 4.71. The molecular weight excluding hydrogens is 434 g/mol. The van der Waals surface area contributed by atoms with Crippen molar-refractivity contribution in [2.24, 2.45) is 0 Å². The molecule has 3 aromatic rings. The van der Waals surface area contributed by atoms with Crippen molar-refractivity contribution in [3.05, 3.63) is 65.5 Å². The lowest BCUT2D eigenvalue weighted by atomic mass is 10.2. The largest absolute Gasteiger partial charge is 0.495 e. The molecule has 0 saturated carbocycles. The second-order valence-electron chi connectivity index (χ2n) is 7.01. The van der Waals surface area contributed by atoms with Crippen LogP contribution in [0.3, 0.4) is 0 Å². The molecule has 0 amide bonds.